The largest absolute Gasteiger partial charge is 0.432 e. The van der Waals surface area contributed by atoms with E-state index < -0.39 is 7.69 Å². The van der Waals surface area contributed by atoms with E-state index in [1.807, 2.05) is 0 Å². The summed E-state index contributed by atoms with van der Waals surface area (Å²) in [4.78, 5) is 12.7. The highest BCUT2D eigenvalue weighted by atomic mass is 16.4. The summed E-state index contributed by atoms with van der Waals surface area (Å²) in [6.45, 7) is 0. The van der Waals surface area contributed by atoms with Gasteiger partial charge < -0.3 is 15.0 Å². The molecule has 1 rings (SSSR count). The first-order chi connectivity index (χ1) is 4.81. The molecule has 0 saturated carbocycles. The third-order valence-electron chi connectivity index (χ3n) is 0.681. The van der Waals surface area contributed by atoms with Crippen LogP contribution in [0.2, 0.25) is 0 Å². The molecule has 1 heterocycles. The van der Waals surface area contributed by atoms with E-state index in [0.29, 0.717) is 0 Å². The van der Waals surface area contributed by atoms with E-state index >= 15 is 0 Å². The summed E-state index contributed by atoms with van der Waals surface area (Å²) < 4.78 is 0. The molecule has 10 heavy (non-hydrogen) atoms. The molecule has 1 aromatic heterocycles. The molecule has 0 unspecified atom stereocenters. The molecule has 0 fully saturated rings. The van der Waals surface area contributed by atoms with Crippen molar-refractivity contribution in [2.75, 3.05) is 0 Å². The molecule has 1 aromatic rings. The van der Waals surface area contributed by atoms with Crippen molar-refractivity contribution < 1.29 is 10.0 Å². The quantitative estimate of drug-likeness (QED) is 0.389. The van der Waals surface area contributed by atoms with Crippen molar-refractivity contribution in [3.05, 3.63) is 34.7 Å². The summed E-state index contributed by atoms with van der Waals surface area (Å²) in [5, 5.41) is 14.2. The van der Waals surface area contributed by atoms with E-state index in [2.05, 4.69) is 4.98 Å². The fourth-order valence-corrected chi connectivity index (χ4v) is 0.377. The molecule has 0 aliphatic carbocycles. The molecule has 0 aliphatic rings. The molecule has 0 aromatic carbocycles. The first kappa shape index (κ1) is 8.93. The van der Waals surface area contributed by atoms with Crippen LogP contribution in [0.4, 0.5) is 0 Å². The highest BCUT2D eigenvalue weighted by molar-refractivity contribution is 6.13. The van der Waals surface area contributed by atoms with Gasteiger partial charge >= 0.3 is 7.69 Å². The number of H-pyrrole nitrogens is 1. The van der Waals surface area contributed by atoms with Crippen molar-refractivity contribution >= 4 is 7.69 Å². The van der Waals surface area contributed by atoms with Gasteiger partial charge in [0.2, 0.25) is 5.56 Å². The highest BCUT2D eigenvalue weighted by Crippen LogP contribution is 1.67. The van der Waals surface area contributed by atoms with Crippen LogP contribution in [0, 0.1) is 0 Å². The van der Waals surface area contributed by atoms with E-state index in [1.54, 1.807) is 18.3 Å². The summed E-state index contributed by atoms with van der Waals surface area (Å²) in [6.07, 6.45) is 1.60. The van der Waals surface area contributed by atoms with Crippen molar-refractivity contribution in [2.24, 2.45) is 0 Å². The van der Waals surface area contributed by atoms with Gasteiger partial charge in [0.1, 0.15) is 0 Å². The average Bonchev–Trinajstić information content (AvgIpc) is 1.91. The Morgan fingerprint density at radius 1 is 1.40 bits per heavy atom. The third-order valence-corrected chi connectivity index (χ3v) is 0.681. The summed E-state index contributed by atoms with van der Waals surface area (Å²) in [5.74, 6) is 0. The fourth-order valence-electron chi connectivity index (χ4n) is 0.377. The zero-order valence-electron chi connectivity index (χ0n) is 5.32. The van der Waals surface area contributed by atoms with Crippen LogP contribution in [0.15, 0.2) is 29.2 Å². The second kappa shape index (κ2) is 6.06. The molecule has 54 valence electrons. The minimum absolute atomic E-state index is 0.0532. The maximum absolute atomic E-state index is 10.2. The van der Waals surface area contributed by atoms with E-state index in [0.717, 1.165) is 0 Å². The van der Waals surface area contributed by atoms with Crippen molar-refractivity contribution in [3.63, 3.8) is 0 Å². The van der Waals surface area contributed by atoms with Gasteiger partial charge in [-0.3, -0.25) is 4.79 Å². The molecule has 3 N–H and O–H groups in total. The maximum atomic E-state index is 10.2. The number of aromatic nitrogens is 1. The van der Waals surface area contributed by atoms with Crippen LogP contribution in [0.1, 0.15) is 0 Å². The summed E-state index contributed by atoms with van der Waals surface area (Å²) in [7, 11) is -0.750. The molecule has 0 radical (unpaired) electrons. The Morgan fingerprint density at radius 3 is 2.20 bits per heavy atom. The Kier molecular flexibility index (Phi) is 5.42. The first-order valence-electron chi connectivity index (χ1n) is 2.66. The molecular weight excluding hydrogens is 133 g/mol. The zero-order valence-corrected chi connectivity index (χ0v) is 5.32. The van der Waals surface area contributed by atoms with Gasteiger partial charge in [-0.25, -0.2) is 0 Å². The first-order valence-corrected chi connectivity index (χ1v) is 2.66. The number of aromatic amines is 1. The van der Waals surface area contributed by atoms with Crippen molar-refractivity contribution in [2.45, 2.75) is 0 Å². The van der Waals surface area contributed by atoms with Crippen LogP contribution in [-0.2, 0) is 0 Å². The Balaban J connectivity index is 0.000000236. The topological polar surface area (TPSA) is 73.3 Å². The molecular formula is C5H8BNO3. The monoisotopic (exact) mass is 141 g/mol. The molecule has 0 spiro atoms. The molecule has 4 nitrogen and oxygen atoms in total. The number of rotatable bonds is 0. The second-order valence-electron chi connectivity index (χ2n) is 1.37. The number of hydrogen-bond donors (Lipinski definition) is 3. The summed E-state index contributed by atoms with van der Waals surface area (Å²) in [6, 6.07) is 4.93. The third kappa shape index (κ3) is 5.08. The van der Waals surface area contributed by atoms with Crippen molar-refractivity contribution in [1.82, 2.24) is 4.98 Å². The van der Waals surface area contributed by atoms with Gasteiger partial charge in [0.05, 0.1) is 0 Å². The lowest BCUT2D eigenvalue weighted by Gasteiger charge is -1.73. The van der Waals surface area contributed by atoms with Gasteiger partial charge in [-0.15, -0.1) is 0 Å². The normalized spacial score (nSPS) is 7.40. The van der Waals surface area contributed by atoms with Crippen molar-refractivity contribution in [3.8, 4) is 0 Å². The van der Waals surface area contributed by atoms with Gasteiger partial charge in [0, 0.05) is 12.3 Å². The van der Waals surface area contributed by atoms with Gasteiger partial charge in [-0.2, -0.15) is 0 Å². The second-order valence-corrected chi connectivity index (χ2v) is 1.37. The van der Waals surface area contributed by atoms with Gasteiger partial charge in [0.25, 0.3) is 0 Å². The standard InChI is InChI=1S/C5H5NO.BH3O2/c7-5-3-1-2-4-6-5;2-1-3/h1-4H,(H,6,7);1-3H. The zero-order chi connectivity index (χ0) is 7.82. The van der Waals surface area contributed by atoms with E-state index in [-0.39, 0.29) is 5.56 Å². The van der Waals surface area contributed by atoms with Crippen LogP contribution in [-0.4, -0.2) is 22.7 Å². The molecule has 0 saturated heterocycles. The van der Waals surface area contributed by atoms with Crippen LogP contribution in [0.3, 0.4) is 0 Å². The molecule has 0 amide bonds. The molecule has 0 atom stereocenters. The molecule has 0 aliphatic heterocycles. The smallest absolute Gasteiger partial charge is 0.430 e. The Hall–Kier alpha value is -1.07. The average molecular weight is 141 g/mol. The summed E-state index contributed by atoms with van der Waals surface area (Å²) >= 11 is 0. The predicted octanol–water partition coefficient (Wildman–Crippen LogP) is -1.39. The number of pyridine rings is 1. The van der Waals surface area contributed by atoms with Crippen LogP contribution in [0.25, 0.3) is 0 Å². The lowest BCUT2D eigenvalue weighted by atomic mass is 10.5. The Labute approximate surface area is 58.5 Å². The minimum atomic E-state index is -0.750. The van der Waals surface area contributed by atoms with Crippen LogP contribution >= 0.6 is 0 Å². The van der Waals surface area contributed by atoms with E-state index in [1.165, 1.54) is 6.07 Å². The van der Waals surface area contributed by atoms with Gasteiger partial charge in [0.15, 0.2) is 0 Å². The Bertz CT molecular complexity index is 195. The lowest BCUT2D eigenvalue weighted by molar-refractivity contribution is 0.448. The number of nitrogens with one attached hydrogen (secondary N) is 1. The highest BCUT2D eigenvalue weighted by Gasteiger charge is 1.69. The summed E-state index contributed by atoms with van der Waals surface area (Å²) in [5.41, 5.74) is -0.0532. The predicted molar refractivity (Wildman–Crippen MR) is 38.6 cm³/mol. The SMILES string of the molecule is O=c1cccc[nH]1.OBO. The fraction of sp³-hybridized carbons (Fsp3) is 0. The lowest BCUT2D eigenvalue weighted by Crippen LogP contribution is -1.98. The maximum Gasteiger partial charge on any atom is 0.432 e. The van der Waals surface area contributed by atoms with Crippen LogP contribution in [0.5, 0.6) is 0 Å². The Morgan fingerprint density at radius 2 is 2.00 bits per heavy atom. The van der Waals surface area contributed by atoms with Crippen LogP contribution < -0.4 is 5.56 Å². The van der Waals surface area contributed by atoms with E-state index in [9.17, 15) is 4.79 Å². The van der Waals surface area contributed by atoms with Crippen molar-refractivity contribution in [1.29, 1.82) is 0 Å². The van der Waals surface area contributed by atoms with Gasteiger partial charge in [-0.05, 0) is 6.07 Å². The minimum Gasteiger partial charge on any atom is -0.430 e. The number of hydrogen-bond acceptors (Lipinski definition) is 3. The van der Waals surface area contributed by atoms with Gasteiger partial charge in [-0.1, -0.05) is 6.07 Å². The molecule has 0 bridgehead atoms. The molecule has 5 heteroatoms. The van der Waals surface area contributed by atoms with E-state index in [4.69, 9.17) is 10.0 Å².